The van der Waals surface area contributed by atoms with Crippen LogP contribution in [-0.4, -0.2) is 44.9 Å². The molecule has 0 saturated carbocycles. The van der Waals surface area contributed by atoms with Crippen molar-refractivity contribution >= 4 is 43.9 Å². The van der Waals surface area contributed by atoms with Gasteiger partial charge in [0.25, 0.3) is 0 Å². The normalized spacial score (nSPS) is 12.3. The average Bonchev–Trinajstić information content (AvgIpc) is 3.88. The first-order valence-electron chi connectivity index (χ1n) is 18.7. The van der Waals surface area contributed by atoms with Crippen LogP contribution in [0.15, 0.2) is 77.6 Å². The van der Waals surface area contributed by atoms with Crippen molar-refractivity contribution in [1.82, 2.24) is 44.9 Å². The predicted molar refractivity (Wildman–Crippen MR) is 222 cm³/mol. The van der Waals surface area contributed by atoms with Crippen LogP contribution in [0.25, 0.3) is 43.9 Å². The number of halogens is 2. The second-order valence-corrected chi connectivity index (χ2v) is 18.1. The van der Waals surface area contributed by atoms with Gasteiger partial charge in [0.1, 0.15) is 11.6 Å². The Hall–Kier alpha value is -5.52. The van der Waals surface area contributed by atoms with E-state index in [2.05, 4.69) is 104 Å². The molecule has 0 radical (unpaired) electrons. The summed E-state index contributed by atoms with van der Waals surface area (Å²) >= 11 is 0. The minimum absolute atomic E-state index is 0.0482. The van der Waals surface area contributed by atoms with Gasteiger partial charge in [-0.15, -0.1) is 0 Å². The highest BCUT2D eigenvalue weighted by Gasteiger charge is 2.24. The van der Waals surface area contributed by atoms with Gasteiger partial charge in [0.15, 0.2) is 16.9 Å². The Morgan fingerprint density at radius 1 is 0.589 bits per heavy atom. The summed E-state index contributed by atoms with van der Waals surface area (Å²) in [5.74, 6) is -0.537. The average molecular weight is 764 g/mol. The van der Waals surface area contributed by atoms with E-state index in [1.807, 2.05) is 69.9 Å². The zero-order chi connectivity index (χ0) is 41.4. The lowest BCUT2D eigenvalue weighted by Crippen LogP contribution is -2.12. The van der Waals surface area contributed by atoms with Crippen LogP contribution < -0.4 is 0 Å². The third-order valence-corrected chi connectivity index (χ3v) is 9.05. The summed E-state index contributed by atoms with van der Waals surface area (Å²) in [6.07, 6.45) is 2.98. The van der Waals surface area contributed by atoms with Crippen molar-refractivity contribution in [3.8, 4) is 0 Å². The summed E-state index contributed by atoms with van der Waals surface area (Å²) < 4.78 is 35.0. The van der Waals surface area contributed by atoms with Crippen LogP contribution in [0.2, 0.25) is 0 Å². The molecule has 6 aromatic heterocycles. The lowest BCUT2D eigenvalue weighted by molar-refractivity contribution is 0.419. The maximum atomic E-state index is 13.2. The number of aryl methyl sites for hydroxylation is 2. The van der Waals surface area contributed by atoms with Crippen molar-refractivity contribution in [1.29, 1.82) is 0 Å². The van der Waals surface area contributed by atoms with Gasteiger partial charge in [-0.25, -0.2) is 18.7 Å². The quantitative estimate of drug-likeness (QED) is 0.163. The highest BCUT2D eigenvalue weighted by Crippen LogP contribution is 2.31. The number of aromatic amines is 1. The Balaban J connectivity index is 0.000000143. The van der Waals surface area contributed by atoms with Crippen LogP contribution in [-0.2, 0) is 35.8 Å². The fraction of sp³-hybridized carbons (Fsp3) is 0.409. The number of aromatic nitrogens is 9. The van der Waals surface area contributed by atoms with E-state index in [0.717, 1.165) is 61.1 Å². The molecule has 0 spiro atoms. The zero-order valence-electron chi connectivity index (χ0n) is 35.2. The summed E-state index contributed by atoms with van der Waals surface area (Å²) in [7, 11) is 3.82. The van der Waals surface area contributed by atoms with E-state index < -0.39 is 0 Å². The Morgan fingerprint density at radius 3 is 1.82 bits per heavy atom. The molecule has 12 heteroatoms. The fourth-order valence-electron chi connectivity index (χ4n) is 6.31. The van der Waals surface area contributed by atoms with E-state index >= 15 is 0 Å². The molecule has 296 valence electrons. The van der Waals surface area contributed by atoms with Crippen molar-refractivity contribution < 1.29 is 13.3 Å². The molecule has 0 saturated heterocycles. The summed E-state index contributed by atoms with van der Waals surface area (Å²) in [5, 5.41) is 23.9. The minimum Gasteiger partial charge on any atom is -0.356 e. The maximum Gasteiger partial charge on any atom is 0.181 e. The van der Waals surface area contributed by atoms with E-state index in [1.54, 1.807) is 23.0 Å². The summed E-state index contributed by atoms with van der Waals surface area (Å²) in [6, 6.07) is 18.3. The van der Waals surface area contributed by atoms with E-state index in [0.29, 0.717) is 5.65 Å². The SMILES string of the molecule is CC(C)(C)c1[nH]nc2ncc(F)cc12.CC(C)(C)c1noc2ccccc12.Cn1nc(C(C)(C)C)c2cc(F)ccc21.Cn1nc(C(C)(C)C)c2cccnc21. The molecule has 8 aromatic rings. The Labute approximate surface area is 327 Å². The summed E-state index contributed by atoms with van der Waals surface area (Å²) in [4.78, 5) is 8.21. The molecule has 2 aromatic carbocycles. The van der Waals surface area contributed by atoms with Gasteiger partial charge < -0.3 is 4.52 Å². The zero-order valence-corrected chi connectivity index (χ0v) is 35.2. The number of H-pyrrole nitrogens is 1. The molecule has 56 heavy (non-hydrogen) atoms. The third-order valence-electron chi connectivity index (χ3n) is 9.05. The molecule has 1 N–H and O–H groups in total. The molecule has 0 aliphatic carbocycles. The number of benzene rings is 2. The van der Waals surface area contributed by atoms with E-state index in [4.69, 9.17) is 4.52 Å². The Morgan fingerprint density at radius 2 is 1.18 bits per heavy atom. The van der Waals surface area contributed by atoms with Crippen LogP contribution in [0.4, 0.5) is 8.78 Å². The van der Waals surface area contributed by atoms with Gasteiger partial charge in [-0.3, -0.25) is 14.5 Å². The summed E-state index contributed by atoms with van der Waals surface area (Å²) in [5.41, 5.74) is 7.35. The number of nitrogens with one attached hydrogen (secondary N) is 1. The van der Waals surface area contributed by atoms with E-state index in [9.17, 15) is 8.78 Å². The van der Waals surface area contributed by atoms with Crippen LogP contribution in [0, 0.1) is 11.6 Å². The lowest BCUT2D eigenvalue weighted by atomic mass is 9.90. The fourth-order valence-corrected chi connectivity index (χ4v) is 6.31. The number of pyridine rings is 2. The number of fused-ring (bicyclic) bond motifs is 4. The molecule has 0 atom stereocenters. The molecule has 6 heterocycles. The standard InChI is InChI=1S/C12H15FN2.C11H15N3.C11H13NO.C10H12FN3/c1-12(2,3)11-9-7-8(13)5-6-10(9)15(4)14-11;1-11(2,3)9-8-6-5-7-12-10(8)14(4)13-9;1-11(2,3)10-8-6-4-5-7-9(8)13-12-10;1-10(2,3)8-7-4-6(11)5-12-9(7)14-13-8/h5-7H,1-4H3;5-7H,1-4H3;4-7H,1-3H3;4-5H,1-3H3,(H,12,13,14). The number of hydrogen-bond acceptors (Lipinski definition) is 7. The van der Waals surface area contributed by atoms with E-state index in [1.165, 1.54) is 18.3 Å². The highest BCUT2D eigenvalue weighted by atomic mass is 19.1. The van der Waals surface area contributed by atoms with Gasteiger partial charge in [0.2, 0.25) is 0 Å². The second-order valence-electron chi connectivity index (χ2n) is 18.1. The maximum absolute atomic E-state index is 13.2. The Bertz CT molecular complexity index is 2580. The van der Waals surface area contributed by atoms with Crippen molar-refractivity contribution in [2.75, 3.05) is 0 Å². The molecule has 0 bridgehead atoms. The number of rotatable bonds is 0. The largest absolute Gasteiger partial charge is 0.356 e. The molecule has 0 fully saturated rings. The molecular weight excluding hydrogens is 709 g/mol. The van der Waals surface area contributed by atoms with Crippen molar-refractivity contribution in [2.45, 2.75) is 105 Å². The molecule has 0 amide bonds. The van der Waals surface area contributed by atoms with Crippen LogP contribution in [0.1, 0.15) is 106 Å². The minimum atomic E-state index is -0.329. The molecule has 0 aliphatic heterocycles. The van der Waals surface area contributed by atoms with Gasteiger partial charge in [-0.05, 0) is 48.5 Å². The second kappa shape index (κ2) is 15.5. The molecular formula is C44H55F2N9O. The van der Waals surface area contributed by atoms with Crippen LogP contribution in [0.5, 0.6) is 0 Å². The van der Waals surface area contributed by atoms with E-state index in [-0.39, 0.29) is 33.3 Å². The lowest BCUT2D eigenvalue weighted by Gasteiger charge is -2.15. The first kappa shape index (κ1) is 41.6. The number of hydrogen-bond donors (Lipinski definition) is 1. The van der Waals surface area contributed by atoms with Crippen molar-refractivity contribution in [3.63, 3.8) is 0 Å². The van der Waals surface area contributed by atoms with Gasteiger partial charge in [-0.1, -0.05) is 100 Å². The Kier molecular flexibility index (Phi) is 11.6. The monoisotopic (exact) mass is 763 g/mol. The molecule has 0 aliphatic rings. The first-order valence-corrected chi connectivity index (χ1v) is 18.7. The molecule has 10 nitrogen and oxygen atoms in total. The smallest absolute Gasteiger partial charge is 0.181 e. The van der Waals surface area contributed by atoms with Crippen LogP contribution in [0.3, 0.4) is 0 Å². The van der Waals surface area contributed by atoms with Gasteiger partial charge in [0, 0.05) is 63.5 Å². The van der Waals surface area contributed by atoms with Crippen LogP contribution >= 0.6 is 0 Å². The van der Waals surface area contributed by atoms with Gasteiger partial charge in [0.05, 0.1) is 34.5 Å². The van der Waals surface area contributed by atoms with Crippen molar-refractivity contribution in [2.24, 2.45) is 14.1 Å². The van der Waals surface area contributed by atoms with Gasteiger partial charge in [-0.2, -0.15) is 15.3 Å². The highest BCUT2D eigenvalue weighted by molar-refractivity contribution is 5.83. The van der Waals surface area contributed by atoms with Crippen molar-refractivity contribution in [3.05, 3.63) is 107 Å². The number of para-hydroxylation sites is 1. The topological polar surface area (TPSA) is 116 Å². The third kappa shape index (κ3) is 9.29. The molecule has 8 rings (SSSR count). The number of nitrogens with zero attached hydrogens (tertiary/aromatic N) is 8. The molecule has 0 unspecified atom stereocenters. The van der Waals surface area contributed by atoms with Gasteiger partial charge >= 0.3 is 0 Å². The first-order chi connectivity index (χ1) is 26.0. The summed E-state index contributed by atoms with van der Waals surface area (Å²) in [6.45, 7) is 25.3. The predicted octanol–water partition coefficient (Wildman–Crippen LogP) is 10.8.